The Labute approximate surface area is 129 Å². The van der Waals surface area contributed by atoms with Crippen molar-refractivity contribution < 1.29 is 4.39 Å². The molecule has 1 unspecified atom stereocenters. The number of piperazine rings is 1. The van der Waals surface area contributed by atoms with Crippen LogP contribution in [0.5, 0.6) is 0 Å². The van der Waals surface area contributed by atoms with E-state index < -0.39 is 0 Å². The molecule has 1 atom stereocenters. The predicted molar refractivity (Wildman–Crippen MR) is 84.8 cm³/mol. The smallest absolute Gasteiger partial charge is 0.147 e. The van der Waals surface area contributed by atoms with Crippen molar-refractivity contribution >= 4 is 17.5 Å². The normalized spacial score (nSPS) is 18.4. The van der Waals surface area contributed by atoms with E-state index in [1.165, 1.54) is 12.3 Å². The Morgan fingerprint density at radius 2 is 1.91 bits per heavy atom. The van der Waals surface area contributed by atoms with Crippen LogP contribution in [0.1, 0.15) is 6.92 Å². The quantitative estimate of drug-likeness (QED) is 0.932. The van der Waals surface area contributed by atoms with E-state index in [1.54, 1.807) is 18.5 Å². The largest absolute Gasteiger partial charge is 0.372 e. The van der Waals surface area contributed by atoms with Crippen molar-refractivity contribution in [2.24, 2.45) is 0 Å². The second-order valence-electron chi connectivity index (χ2n) is 5.33. The summed E-state index contributed by atoms with van der Waals surface area (Å²) >= 11 is 0. The van der Waals surface area contributed by atoms with Gasteiger partial charge in [-0.25, -0.2) is 19.3 Å². The summed E-state index contributed by atoms with van der Waals surface area (Å²) in [6, 6.07) is 3.43. The summed E-state index contributed by atoms with van der Waals surface area (Å²) in [6.45, 7) is 4.60. The molecule has 0 aromatic carbocycles. The molecule has 1 N–H and O–H groups in total. The lowest BCUT2D eigenvalue weighted by Gasteiger charge is -2.41. The van der Waals surface area contributed by atoms with Crippen molar-refractivity contribution in [2.45, 2.75) is 13.0 Å². The first kappa shape index (κ1) is 14.5. The second-order valence-corrected chi connectivity index (χ2v) is 5.33. The van der Waals surface area contributed by atoms with Gasteiger partial charge in [-0.15, -0.1) is 0 Å². The van der Waals surface area contributed by atoms with E-state index in [1.807, 2.05) is 7.05 Å². The fraction of sp³-hybridized carbons (Fsp3) is 0.400. The van der Waals surface area contributed by atoms with Gasteiger partial charge in [0.2, 0.25) is 0 Å². The van der Waals surface area contributed by atoms with Crippen LogP contribution in [0.15, 0.2) is 30.7 Å². The number of nitrogens with one attached hydrogen (secondary N) is 1. The number of anilines is 3. The third-order valence-electron chi connectivity index (χ3n) is 3.85. The first-order valence-corrected chi connectivity index (χ1v) is 7.30. The van der Waals surface area contributed by atoms with Gasteiger partial charge >= 0.3 is 0 Å². The highest BCUT2D eigenvalue weighted by molar-refractivity contribution is 5.46. The van der Waals surface area contributed by atoms with E-state index in [9.17, 15) is 4.39 Å². The minimum atomic E-state index is -0.310. The zero-order valence-corrected chi connectivity index (χ0v) is 12.7. The number of aromatic nitrogens is 3. The van der Waals surface area contributed by atoms with Crippen LogP contribution in [-0.4, -0.2) is 47.7 Å². The molecule has 116 valence electrons. The van der Waals surface area contributed by atoms with Crippen molar-refractivity contribution in [2.75, 3.05) is 41.8 Å². The minimum Gasteiger partial charge on any atom is -0.372 e. The molecule has 1 aliphatic rings. The van der Waals surface area contributed by atoms with Crippen LogP contribution in [0.2, 0.25) is 0 Å². The molecule has 1 fully saturated rings. The monoisotopic (exact) mass is 302 g/mol. The molecule has 3 rings (SSSR count). The lowest BCUT2D eigenvalue weighted by Crippen LogP contribution is -2.52. The number of hydrogen-bond donors (Lipinski definition) is 1. The second kappa shape index (κ2) is 6.13. The van der Waals surface area contributed by atoms with Crippen molar-refractivity contribution in [3.8, 4) is 0 Å². The predicted octanol–water partition coefficient (Wildman–Crippen LogP) is 1.77. The van der Waals surface area contributed by atoms with Crippen LogP contribution >= 0.6 is 0 Å². The molecule has 0 bridgehead atoms. The Kier molecular flexibility index (Phi) is 4.04. The Morgan fingerprint density at radius 1 is 1.09 bits per heavy atom. The molecular weight excluding hydrogens is 283 g/mol. The van der Waals surface area contributed by atoms with Gasteiger partial charge in [0.25, 0.3) is 0 Å². The van der Waals surface area contributed by atoms with Gasteiger partial charge < -0.3 is 15.1 Å². The van der Waals surface area contributed by atoms with Gasteiger partial charge in [0, 0.05) is 32.7 Å². The molecule has 2 aromatic heterocycles. The average Bonchev–Trinajstić information content (AvgIpc) is 2.56. The minimum absolute atomic E-state index is 0.262. The maximum absolute atomic E-state index is 13.0. The van der Waals surface area contributed by atoms with E-state index in [0.717, 1.165) is 37.1 Å². The van der Waals surface area contributed by atoms with Gasteiger partial charge in [0.1, 0.15) is 23.3 Å². The fourth-order valence-electron chi connectivity index (χ4n) is 2.66. The molecule has 0 aliphatic carbocycles. The van der Waals surface area contributed by atoms with Crippen LogP contribution in [-0.2, 0) is 0 Å². The van der Waals surface area contributed by atoms with Crippen LogP contribution in [0.25, 0.3) is 0 Å². The van der Waals surface area contributed by atoms with Crippen LogP contribution in [0, 0.1) is 5.82 Å². The zero-order valence-electron chi connectivity index (χ0n) is 12.7. The van der Waals surface area contributed by atoms with Gasteiger partial charge in [0.15, 0.2) is 0 Å². The topological polar surface area (TPSA) is 57.2 Å². The highest BCUT2D eigenvalue weighted by Crippen LogP contribution is 2.21. The molecule has 0 spiro atoms. The molecule has 7 heteroatoms. The Morgan fingerprint density at radius 3 is 2.50 bits per heavy atom. The summed E-state index contributed by atoms with van der Waals surface area (Å²) < 4.78 is 13.0. The SMILES string of the molecule is CNc1cnc(N2CCN(c3ccc(F)cn3)C(C)C2)cn1. The Balaban J connectivity index is 1.70. The lowest BCUT2D eigenvalue weighted by atomic mass is 10.2. The molecule has 22 heavy (non-hydrogen) atoms. The van der Waals surface area contributed by atoms with Crippen LogP contribution in [0.3, 0.4) is 0 Å². The Hall–Kier alpha value is -2.44. The molecule has 0 saturated carbocycles. The summed E-state index contributed by atoms with van der Waals surface area (Å²) in [6.07, 6.45) is 4.77. The van der Waals surface area contributed by atoms with Crippen molar-refractivity contribution in [3.05, 3.63) is 36.5 Å². The van der Waals surface area contributed by atoms with E-state index in [-0.39, 0.29) is 11.9 Å². The molecule has 0 radical (unpaired) electrons. The maximum Gasteiger partial charge on any atom is 0.147 e. The van der Waals surface area contributed by atoms with Crippen molar-refractivity contribution in [3.63, 3.8) is 0 Å². The number of rotatable bonds is 3. The molecule has 1 saturated heterocycles. The van der Waals surface area contributed by atoms with Gasteiger partial charge in [-0.3, -0.25) is 0 Å². The number of pyridine rings is 1. The molecular formula is C15H19FN6. The molecule has 6 nitrogen and oxygen atoms in total. The lowest BCUT2D eigenvalue weighted by molar-refractivity contribution is 0.540. The summed E-state index contributed by atoms with van der Waals surface area (Å²) in [4.78, 5) is 17.3. The summed E-state index contributed by atoms with van der Waals surface area (Å²) in [7, 11) is 1.82. The Bertz CT molecular complexity index is 615. The van der Waals surface area contributed by atoms with Crippen LogP contribution < -0.4 is 15.1 Å². The van der Waals surface area contributed by atoms with Gasteiger partial charge in [-0.2, -0.15) is 0 Å². The van der Waals surface area contributed by atoms with E-state index >= 15 is 0 Å². The number of hydrogen-bond acceptors (Lipinski definition) is 6. The van der Waals surface area contributed by atoms with Crippen molar-refractivity contribution in [1.82, 2.24) is 15.0 Å². The maximum atomic E-state index is 13.0. The number of halogens is 1. The van der Waals surface area contributed by atoms with E-state index in [2.05, 4.69) is 37.0 Å². The van der Waals surface area contributed by atoms with Gasteiger partial charge in [-0.05, 0) is 19.1 Å². The standard InChI is InChI=1S/C15H19FN6/c1-11-10-21(15-9-18-13(17-2)8-20-15)5-6-22(11)14-4-3-12(16)7-19-14/h3-4,7-9,11H,5-6,10H2,1-2H3,(H,17,18). The first-order valence-electron chi connectivity index (χ1n) is 7.30. The third kappa shape index (κ3) is 2.93. The highest BCUT2D eigenvalue weighted by Gasteiger charge is 2.25. The molecule has 1 aliphatic heterocycles. The molecule has 2 aromatic rings. The highest BCUT2D eigenvalue weighted by atomic mass is 19.1. The van der Waals surface area contributed by atoms with Crippen LogP contribution in [0.4, 0.5) is 21.8 Å². The van der Waals surface area contributed by atoms with Gasteiger partial charge in [0.05, 0.1) is 18.6 Å². The summed E-state index contributed by atoms with van der Waals surface area (Å²) in [5.41, 5.74) is 0. The molecule has 3 heterocycles. The summed E-state index contributed by atoms with van der Waals surface area (Å²) in [5, 5.41) is 2.96. The summed E-state index contributed by atoms with van der Waals surface area (Å²) in [5.74, 6) is 2.13. The zero-order chi connectivity index (χ0) is 15.5. The van der Waals surface area contributed by atoms with Gasteiger partial charge in [-0.1, -0.05) is 0 Å². The van der Waals surface area contributed by atoms with E-state index in [4.69, 9.17) is 0 Å². The average molecular weight is 302 g/mol. The first-order chi connectivity index (χ1) is 10.7. The van der Waals surface area contributed by atoms with Crippen molar-refractivity contribution in [1.29, 1.82) is 0 Å². The molecule has 0 amide bonds. The third-order valence-corrected chi connectivity index (χ3v) is 3.85. The van der Waals surface area contributed by atoms with E-state index in [0.29, 0.717) is 0 Å². The fourth-order valence-corrected chi connectivity index (χ4v) is 2.66. The number of nitrogens with zero attached hydrogens (tertiary/aromatic N) is 5.